The Labute approximate surface area is 115 Å². The van der Waals surface area contributed by atoms with Gasteiger partial charge >= 0.3 is 6.09 Å². The second-order valence-electron chi connectivity index (χ2n) is 6.26. The lowest BCUT2D eigenvalue weighted by molar-refractivity contribution is 0.0635. The Morgan fingerprint density at radius 1 is 1.21 bits per heavy atom. The van der Waals surface area contributed by atoms with E-state index < -0.39 is 11.7 Å². The van der Waals surface area contributed by atoms with E-state index in [1.54, 1.807) is 0 Å². The fourth-order valence-electron chi connectivity index (χ4n) is 1.71. The number of benzene rings is 1. The Kier molecular flexibility index (Phi) is 4.58. The number of nitrogens with two attached hydrogens (primary N) is 1. The zero-order valence-corrected chi connectivity index (χ0v) is 12.4. The van der Waals surface area contributed by atoms with Crippen LogP contribution >= 0.6 is 0 Å². The number of para-hydroxylation sites is 1. The first-order valence-electron chi connectivity index (χ1n) is 6.45. The van der Waals surface area contributed by atoms with E-state index in [0.717, 1.165) is 11.3 Å². The number of amides is 1. The van der Waals surface area contributed by atoms with E-state index >= 15 is 0 Å². The number of anilines is 1. The molecule has 3 N–H and O–H groups in total. The number of carbonyl (C=O) groups excluding carboxylic acids is 1. The second kappa shape index (κ2) is 5.61. The summed E-state index contributed by atoms with van der Waals surface area (Å²) in [6, 6.07) is 7.64. The Hall–Kier alpha value is -1.55. The molecular formula is C15H24N2O2. The maximum absolute atomic E-state index is 11.8. The first kappa shape index (κ1) is 15.5. The molecule has 0 spiro atoms. The van der Waals surface area contributed by atoms with Gasteiger partial charge in [-0.25, -0.2) is 4.79 Å². The van der Waals surface area contributed by atoms with E-state index in [-0.39, 0.29) is 5.41 Å². The van der Waals surface area contributed by atoms with Crippen molar-refractivity contribution in [2.75, 3.05) is 11.9 Å². The molecule has 0 atom stereocenters. The van der Waals surface area contributed by atoms with Crippen LogP contribution in [-0.2, 0) is 10.2 Å². The first-order chi connectivity index (χ1) is 8.65. The minimum Gasteiger partial charge on any atom is -0.444 e. The van der Waals surface area contributed by atoms with Crippen LogP contribution in [-0.4, -0.2) is 18.2 Å². The normalized spacial score (nSPS) is 12.1. The maximum atomic E-state index is 11.8. The van der Waals surface area contributed by atoms with Gasteiger partial charge in [0.1, 0.15) is 5.60 Å². The van der Waals surface area contributed by atoms with E-state index in [4.69, 9.17) is 10.5 Å². The molecule has 1 aromatic carbocycles. The average Bonchev–Trinajstić information content (AvgIpc) is 2.27. The number of hydrogen-bond donors (Lipinski definition) is 2. The molecule has 0 bridgehead atoms. The highest BCUT2D eigenvalue weighted by molar-refractivity contribution is 5.86. The third kappa shape index (κ3) is 4.56. The maximum Gasteiger partial charge on any atom is 0.412 e. The van der Waals surface area contributed by atoms with Gasteiger partial charge in [-0.3, -0.25) is 5.32 Å². The lowest BCUT2D eigenvalue weighted by Crippen LogP contribution is -2.31. The zero-order valence-electron chi connectivity index (χ0n) is 12.4. The molecule has 1 amide bonds. The molecule has 0 aliphatic carbocycles. The van der Waals surface area contributed by atoms with Gasteiger partial charge in [0.05, 0.1) is 0 Å². The molecular weight excluding hydrogens is 240 g/mol. The quantitative estimate of drug-likeness (QED) is 0.880. The predicted molar refractivity (Wildman–Crippen MR) is 78.4 cm³/mol. The monoisotopic (exact) mass is 264 g/mol. The van der Waals surface area contributed by atoms with Crippen LogP contribution in [0, 0.1) is 0 Å². The standard InChI is InChI=1S/C15H24N2O2/c1-14(2,3)19-13(18)17-12-9-7-6-8-11(12)15(4,5)10-16/h6-9H,10,16H2,1-5H3,(H,17,18). The summed E-state index contributed by atoms with van der Waals surface area (Å²) < 4.78 is 5.26. The smallest absolute Gasteiger partial charge is 0.412 e. The van der Waals surface area contributed by atoms with Crippen molar-refractivity contribution in [3.63, 3.8) is 0 Å². The Morgan fingerprint density at radius 3 is 2.32 bits per heavy atom. The molecule has 106 valence electrons. The van der Waals surface area contributed by atoms with Crippen LogP contribution in [0.2, 0.25) is 0 Å². The fraction of sp³-hybridized carbons (Fsp3) is 0.533. The SMILES string of the molecule is CC(C)(C)OC(=O)Nc1ccccc1C(C)(C)CN. The lowest BCUT2D eigenvalue weighted by Gasteiger charge is -2.27. The number of ether oxygens (including phenoxy) is 1. The van der Waals surface area contributed by atoms with Crippen LogP contribution in [0.25, 0.3) is 0 Å². The molecule has 19 heavy (non-hydrogen) atoms. The van der Waals surface area contributed by atoms with Gasteiger partial charge in [-0.05, 0) is 32.4 Å². The van der Waals surface area contributed by atoms with Gasteiger partial charge in [0.25, 0.3) is 0 Å². The summed E-state index contributed by atoms with van der Waals surface area (Å²) in [5, 5.41) is 2.79. The Bertz CT molecular complexity index is 448. The van der Waals surface area contributed by atoms with Crippen LogP contribution < -0.4 is 11.1 Å². The molecule has 0 heterocycles. The van der Waals surface area contributed by atoms with Gasteiger partial charge in [0.2, 0.25) is 0 Å². The van der Waals surface area contributed by atoms with Crippen LogP contribution in [0.5, 0.6) is 0 Å². The largest absolute Gasteiger partial charge is 0.444 e. The van der Waals surface area contributed by atoms with E-state index in [9.17, 15) is 4.79 Å². The van der Waals surface area contributed by atoms with E-state index in [1.807, 2.05) is 58.9 Å². The summed E-state index contributed by atoms with van der Waals surface area (Å²) in [4.78, 5) is 11.8. The molecule has 0 aromatic heterocycles. The molecule has 4 nitrogen and oxygen atoms in total. The van der Waals surface area contributed by atoms with Crippen molar-refractivity contribution < 1.29 is 9.53 Å². The van der Waals surface area contributed by atoms with Gasteiger partial charge in [0.15, 0.2) is 0 Å². The predicted octanol–water partition coefficient (Wildman–Crippen LogP) is 3.27. The molecule has 0 fully saturated rings. The van der Waals surface area contributed by atoms with Crippen molar-refractivity contribution in [1.82, 2.24) is 0 Å². The summed E-state index contributed by atoms with van der Waals surface area (Å²) in [5.74, 6) is 0. The minimum atomic E-state index is -0.511. The van der Waals surface area contributed by atoms with Crippen molar-refractivity contribution in [2.45, 2.75) is 45.6 Å². The minimum absolute atomic E-state index is 0.203. The van der Waals surface area contributed by atoms with E-state index in [1.165, 1.54) is 0 Å². The summed E-state index contributed by atoms with van der Waals surface area (Å²) in [7, 11) is 0. The summed E-state index contributed by atoms with van der Waals surface area (Å²) >= 11 is 0. The van der Waals surface area contributed by atoms with Gasteiger partial charge in [-0.2, -0.15) is 0 Å². The van der Waals surface area contributed by atoms with Gasteiger partial charge in [-0.1, -0.05) is 32.0 Å². The molecule has 0 saturated heterocycles. The highest BCUT2D eigenvalue weighted by Crippen LogP contribution is 2.29. The average molecular weight is 264 g/mol. The van der Waals surface area contributed by atoms with Crippen molar-refractivity contribution in [3.05, 3.63) is 29.8 Å². The Morgan fingerprint density at radius 2 is 1.79 bits per heavy atom. The Balaban J connectivity index is 2.94. The highest BCUT2D eigenvalue weighted by atomic mass is 16.6. The molecule has 0 aliphatic rings. The summed E-state index contributed by atoms with van der Waals surface area (Å²) in [6.07, 6.45) is -0.451. The van der Waals surface area contributed by atoms with Crippen LogP contribution in [0.15, 0.2) is 24.3 Å². The third-order valence-electron chi connectivity index (χ3n) is 2.80. The fourth-order valence-corrected chi connectivity index (χ4v) is 1.71. The van der Waals surface area contributed by atoms with Crippen LogP contribution in [0.1, 0.15) is 40.2 Å². The van der Waals surface area contributed by atoms with Crippen molar-refractivity contribution in [1.29, 1.82) is 0 Å². The van der Waals surface area contributed by atoms with Crippen molar-refractivity contribution in [2.24, 2.45) is 5.73 Å². The highest BCUT2D eigenvalue weighted by Gasteiger charge is 2.23. The van der Waals surface area contributed by atoms with E-state index in [2.05, 4.69) is 5.32 Å². The molecule has 0 unspecified atom stereocenters. The lowest BCUT2D eigenvalue weighted by atomic mass is 9.83. The molecule has 1 rings (SSSR count). The summed E-state index contributed by atoms with van der Waals surface area (Å²) in [6.45, 7) is 10.1. The first-order valence-corrected chi connectivity index (χ1v) is 6.45. The molecule has 0 radical (unpaired) electrons. The van der Waals surface area contributed by atoms with Gasteiger partial charge in [-0.15, -0.1) is 0 Å². The number of hydrogen-bond acceptors (Lipinski definition) is 3. The van der Waals surface area contributed by atoms with Crippen LogP contribution in [0.4, 0.5) is 10.5 Å². The van der Waals surface area contributed by atoms with Crippen molar-refractivity contribution in [3.8, 4) is 0 Å². The van der Waals surface area contributed by atoms with E-state index in [0.29, 0.717) is 6.54 Å². The summed E-state index contributed by atoms with van der Waals surface area (Å²) in [5.41, 5.74) is 6.83. The number of nitrogens with one attached hydrogen (secondary N) is 1. The molecule has 4 heteroatoms. The molecule has 0 saturated carbocycles. The van der Waals surface area contributed by atoms with Gasteiger partial charge < -0.3 is 10.5 Å². The van der Waals surface area contributed by atoms with Gasteiger partial charge in [0, 0.05) is 17.6 Å². The molecule has 1 aromatic rings. The van der Waals surface area contributed by atoms with Crippen molar-refractivity contribution >= 4 is 11.8 Å². The number of rotatable bonds is 3. The zero-order chi connectivity index (χ0) is 14.7. The number of carbonyl (C=O) groups is 1. The third-order valence-corrected chi connectivity index (χ3v) is 2.80. The second-order valence-corrected chi connectivity index (χ2v) is 6.26. The topological polar surface area (TPSA) is 64.3 Å². The molecule has 0 aliphatic heterocycles. The van der Waals surface area contributed by atoms with Crippen LogP contribution in [0.3, 0.4) is 0 Å².